The normalized spacial score (nSPS) is 11.3. The number of hydrogen-bond donors (Lipinski definition) is 0. The zero-order valence-electron chi connectivity index (χ0n) is 10.2. The minimum atomic E-state index is -3.78. The summed E-state index contributed by atoms with van der Waals surface area (Å²) in [5.41, 5.74) is 1.51. The van der Waals surface area contributed by atoms with Crippen LogP contribution in [0.1, 0.15) is 11.3 Å². The molecule has 4 nitrogen and oxygen atoms in total. The molecule has 0 bridgehead atoms. The first-order chi connectivity index (χ1) is 8.95. The van der Waals surface area contributed by atoms with Gasteiger partial charge in [0.25, 0.3) is 9.05 Å². The van der Waals surface area contributed by atoms with Gasteiger partial charge in [-0.1, -0.05) is 30.3 Å². The van der Waals surface area contributed by atoms with Gasteiger partial charge in [-0.3, -0.25) is 0 Å². The fourth-order valence-electron chi connectivity index (χ4n) is 1.55. The molecule has 2 aromatic rings. The van der Waals surface area contributed by atoms with Gasteiger partial charge in [0.2, 0.25) is 5.88 Å². The smallest absolute Gasteiger partial charge is 0.261 e. The van der Waals surface area contributed by atoms with E-state index in [2.05, 4.69) is 4.98 Å². The Bertz CT molecular complexity index is 672. The fraction of sp³-hybridized carbons (Fsp3) is 0.154. The second kappa shape index (κ2) is 5.59. The van der Waals surface area contributed by atoms with E-state index in [1.165, 1.54) is 12.1 Å². The Balaban J connectivity index is 2.19. The number of rotatable bonds is 4. The van der Waals surface area contributed by atoms with Gasteiger partial charge in [-0.15, -0.1) is 0 Å². The molecule has 0 aliphatic carbocycles. The maximum absolute atomic E-state index is 11.3. The quantitative estimate of drug-likeness (QED) is 0.814. The van der Waals surface area contributed by atoms with E-state index in [9.17, 15) is 8.42 Å². The molecule has 0 spiro atoms. The second-order valence-electron chi connectivity index (χ2n) is 3.99. The van der Waals surface area contributed by atoms with E-state index < -0.39 is 9.05 Å². The Labute approximate surface area is 116 Å². The first kappa shape index (κ1) is 13.8. The first-order valence-electron chi connectivity index (χ1n) is 5.55. The first-order valence-corrected chi connectivity index (χ1v) is 7.86. The third-order valence-electron chi connectivity index (χ3n) is 2.41. The van der Waals surface area contributed by atoms with Crippen molar-refractivity contribution >= 4 is 19.7 Å². The number of pyridine rings is 1. The molecule has 0 fully saturated rings. The molecule has 2 rings (SSSR count). The second-order valence-corrected chi connectivity index (χ2v) is 6.56. The lowest BCUT2D eigenvalue weighted by Crippen LogP contribution is -2.00. The van der Waals surface area contributed by atoms with E-state index in [1.807, 2.05) is 30.3 Å². The zero-order valence-corrected chi connectivity index (χ0v) is 11.8. The summed E-state index contributed by atoms with van der Waals surface area (Å²) < 4.78 is 28.1. The van der Waals surface area contributed by atoms with Crippen molar-refractivity contribution in [3.63, 3.8) is 0 Å². The Kier molecular flexibility index (Phi) is 4.07. The maximum atomic E-state index is 11.3. The highest BCUT2D eigenvalue weighted by Crippen LogP contribution is 2.21. The Hall–Kier alpha value is -1.59. The van der Waals surface area contributed by atoms with Crippen molar-refractivity contribution in [2.75, 3.05) is 0 Å². The van der Waals surface area contributed by atoms with Crippen molar-refractivity contribution < 1.29 is 13.2 Å². The number of ether oxygens (including phenoxy) is 1. The van der Waals surface area contributed by atoms with Crippen LogP contribution in [0.2, 0.25) is 0 Å². The predicted molar refractivity (Wildman–Crippen MR) is 72.8 cm³/mol. The molecule has 6 heteroatoms. The summed E-state index contributed by atoms with van der Waals surface area (Å²) in [7, 11) is 1.53. The molecule has 0 atom stereocenters. The highest BCUT2D eigenvalue weighted by molar-refractivity contribution is 8.13. The molecule has 100 valence electrons. The van der Waals surface area contributed by atoms with Gasteiger partial charge in [0, 0.05) is 22.4 Å². The third-order valence-corrected chi connectivity index (χ3v) is 3.75. The van der Waals surface area contributed by atoms with Gasteiger partial charge < -0.3 is 4.74 Å². The van der Waals surface area contributed by atoms with E-state index in [0.717, 1.165) is 5.56 Å². The molecule has 0 radical (unpaired) electrons. The van der Waals surface area contributed by atoms with Crippen molar-refractivity contribution in [3.8, 4) is 5.88 Å². The standard InChI is InChI=1S/C13H12ClNO3S/c1-10-7-12(19(14,16)17)8-13(15-10)18-9-11-5-3-2-4-6-11/h2-8H,9H2,1H3. The molecule has 1 aromatic heterocycles. The molecule has 0 aliphatic rings. The van der Waals surface area contributed by atoms with E-state index in [4.69, 9.17) is 15.4 Å². The van der Waals surface area contributed by atoms with Gasteiger partial charge in [-0.2, -0.15) is 0 Å². The minimum absolute atomic E-state index is 0.00951. The molecule has 0 amide bonds. The van der Waals surface area contributed by atoms with Gasteiger partial charge in [0.1, 0.15) is 6.61 Å². The summed E-state index contributed by atoms with van der Waals surface area (Å²) in [4.78, 5) is 4.11. The molecule has 0 N–H and O–H groups in total. The van der Waals surface area contributed by atoms with Crippen molar-refractivity contribution in [3.05, 3.63) is 53.7 Å². The Morgan fingerprint density at radius 1 is 1.21 bits per heavy atom. The lowest BCUT2D eigenvalue weighted by molar-refractivity contribution is 0.292. The average Bonchev–Trinajstić information content (AvgIpc) is 2.36. The predicted octanol–water partition coefficient (Wildman–Crippen LogP) is 2.90. The molecular formula is C13H12ClNO3S. The van der Waals surface area contributed by atoms with E-state index in [1.54, 1.807) is 6.92 Å². The van der Waals surface area contributed by atoms with E-state index in [-0.39, 0.29) is 10.8 Å². The number of aromatic nitrogens is 1. The molecule has 0 saturated heterocycles. The molecule has 0 aliphatic heterocycles. The van der Waals surface area contributed by atoms with Crippen LogP contribution in [0.4, 0.5) is 0 Å². The van der Waals surface area contributed by atoms with Gasteiger partial charge in [0.15, 0.2) is 0 Å². The van der Waals surface area contributed by atoms with Gasteiger partial charge in [0.05, 0.1) is 4.90 Å². The van der Waals surface area contributed by atoms with E-state index >= 15 is 0 Å². The van der Waals surface area contributed by atoms with Crippen LogP contribution in [-0.4, -0.2) is 13.4 Å². The fourth-order valence-corrected chi connectivity index (χ4v) is 2.37. The Morgan fingerprint density at radius 2 is 1.89 bits per heavy atom. The topological polar surface area (TPSA) is 56.3 Å². The summed E-state index contributed by atoms with van der Waals surface area (Å²) in [6, 6.07) is 12.3. The van der Waals surface area contributed by atoms with Crippen molar-refractivity contribution in [2.45, 2.75) is 18.4 Å². The van der Waals surface area contributed by atoms with Crippen LogP contribution in [0, 0.1) is 6.92 Å². The number of halogens is 1. The van der Waals surface area contributed by atoms with Crippen molar-refractivity contribution in [1.82, 2.24) is 4.98 Å². The number of hydrogen-bond acceptors (Lipinski definition) is 4. The lowest BCUT2D eigenvalue weighted by Gasteiger charge is -2.07. The summed E-state index contributed by atoms with van der Waals surface area (Å²) in [5, 5.41) is 0. The SMILES string of the molecule is Cc1cc(S(=O)(=O)Cl)cc(OCc2ccccc2)n1. The van der Waals surface area contributed by atoms with Crippen molar-refractivity contribution in [1.29, 1.82) is 0 Å². The third kappa shape index (κ3) is 3.94. The number of nitrogens with zero attached hydrogens (tertiary/aromatic N) is 1. The maximum Gasteiger partial charge on any atom is 0.261 e. The molecule has 1 heterocycles. The molecule has 19 heavy (non-hydrogen) atoms. The zero-order chi connectivity index (χ0) is 13.9. The summed E-state index contributed by atoms with van der Waals surface area (Å²) in [6.07, 6.45) is 0. The highest BCUT2D eigenvalue weighted by Gasteiger charge is 2.13. The van der Waals surface area contributed by atoms with E-state index in [0.29, 0.717) is 12.3 Å². The average molecular weight is 298 g/mol. The van der Waals surface area contributed by atoms with Crippen LogP contribution < -0.4 is 4.74 Å². The molecule has 0 saturated carbocycles. The van der Waals surface area contributed by atoms with Gasteiger partial charge >= 0.3 is 0 Å². The number of aryl methyl sites for hydroxylation is 1. The highest BCUT2D eigenvalue weighted by atomic mass is 35.7. The summed E-state index contributed by atoms with van der Waals surface area (Å²) >= 11 is 0. The summed E-state index contributed by atoms with van der Waals surface area (Å²) in [6.45, 7) is 2.00. The van der Waals surface area contributed by atoms with Crippen LogP contribution in [-0.2, 0) is 15.7 Å². The summed E-state index contributed by atoms with van der Waals surface area (Å²) in [5.74, 6) is 0.239. The van der Waals surface area contributed by atoms with Crippen LogP contribution in [0.3, 0.4) is 0 Å². The lowest BCUT2D eigenvalue weighted by atomic mass is 10.2. The van der Waals surface area contributed by atoms with Crippen LogP contribution in [0.15, 0.2) is 47.4 Å². The molecular weight excluding hydrogens is 286 g/mol. The van der Waals surface area contributed by atoms with Crippen LogP contribution in [0.5, 0.6) is 5.88 Å². The molecule has 0 unspecified atom stereocenters. The number of benzene rings is 1. The van der Waals surface area contributed by atoms with Crippen molar-refractivity contribution in [2.24, 2.45) is 0 Å². The van der Waals surface area contributed by atoms with Crippen LogP contribution >= 0.6 is 10.7 Å². The monoisotopic (exact) mass is 297 g/mol. The molecule has 1 aromatic carbocycles. The van der Waals surface area contributed by atoms with Crippen LogP contribution in [0.25, 0.3) is 0 Å². The Morgan fingerprint density at radius 3 is 2.53 bits per heavy atom. The van der Waals surface area contributed by atoms with Gasteiger partial charge in [-0.25, -0.2) is 13.4 Å². The minimum Gasteiger partial charge on any atom is -0.473 e. The largest absolute Gasteiger partial charge is 0.473 e. The van der Waals surface area contributed by atoms with Gasteiger partial charge in [-0.05, 0) is 18.6 Å².